The van der Waals surface area contributed by atoms with Crippen LogP contribution in [0.4, 0.5) is 10.8 Å². The van der Waals surface area contributed by atoms with Crippen molar-refractivity contribution < 1.29 is 9.53 Å². The zero-order valence-electron chi connectivity index (χ0n) is 18.6. The average Bonchev–Trinajstić information content (AvgIpc) is 3.54. The summed E-state index contributed by atoms with van der Waals surface area (Å²) in [5.41, 5.74) is 4.80. The van der Waals surface area contributed by atoms with Gasteiger partial charge >= 0.3 is 0 Å². The lowest BCUT2D eigenvalue weighted by molar-refractivity contribution is 0.101. The fourth-order valence-corrected chi connectivity index (χ4v) is 4.50. The second-order valence-electron chi connectivity index (χ2n) is 7.93. The van der Waals surface area contributed by atoms with Gasteiger partial charge in [-0.25, -0.2) is 4.98 Å². The van der Waals surface area contributed by atoms with Gasteiger partial charge in [-0.3, -0.25) is 15.1 Å². The lowest BCUT2D eigenvalue weighted by Gasteiger charge is -2.28. The third-order valence-electron chi connectivity index (χ3n) is 5.62. The minimum atomic E-state index is -0.178. The van der Waals surface area contributed by atoms with Crippen LogP contribution in [0.15, 0.2) is 72.5 Å². The molecule has 0 aliphatic carbocycles. The Kier molecular flexibility index (Phi) is 6.78. The normalized spacial score (nSPS) is 13.9. The minimum absolute atomic E-state index is 0.178. The summed E-state index contributed by atoms with van der Waals surface area (Å²) in [4.78, 5) is 23.7. The molecule has 3 aromatic heterocycles. The first-order valence-corrected chi connectivity index (χ1v) is 12.0. The monoisotopic (exact) mass is 471 g/mol. The van der Waals surface area contributed by atoms with Crippen molar-refractivity contribution >= 4 is 40.2 Å². The molecule has 0 radical (unpaired) electrons. The smallest absolute Gasteiger partial charge is 0.274 e. The maximum Gasteiger partial charge on any atom is 0.274 e. The lowest BCUT2D eigenvalue weighted by Crippen LogP contribution is -2.36. The highest BCUT2D eigenvalue weighted by molar-refractivity contribution is 7.14. The summed E-state index contributed by atoms with van der Waals surface area (Å²) in [6.45, 7) is 4.02. The van der Waals surface area contributed by atoms with E-state index in [0.717, 1.165) is 43.1 Å². The van der Waals surface area contributed by atoms with Crippen LogP contribution in [0, 0.1) is 0 Å². The Labute approximate surface area is 202 Å². The van der Waals surface area contributed by atoms with Gasteiger partial charge in [-0.15, -0.1) is 11.3 Å². The first-order valence-electron chi connectivity index (χ1n) is 11.2. The number of carbonyl (C=O) groups is 1. The van der Waals surface area contributed by atoms with Crippen LogP contribution in [-0.4, -0.2) is 46.7 Å². The van der Waals surface area contributed by atoms with E-state index in [-0.39, 0.29) is 5.91 Å². The van der Waals surface area contributed by atoms with E-state index in [0.29, 0.717) is 17.4 Å². The van der Waals surface area contributed by atoms with Crippen molar-refractivity contribution in [3.05, 3.63) is 95.0 Å². The van der Waals surface area contributed by atoms with Crippen LogP contribution in [0.2, 0.25) is 0 Å². The zero-order chi connectivity index (χ0) is 23.2. The van der Waals surface area contributed by atoms with Crippen molar-refractivity contribution in [1.29, 1.82) is 0 Å². The molecule has 0 spiro atoms. The molecule has 1 aromatic carbocycles. The molecule has 0 unspecified atom stereocenters. The van der Waals surface area contributed by atoms with Gasteiger partial charge in [0.15, 0.2) is 5.13 Å². The third kappa shape index (κ3) is 5.41. The third-order valence-corrected chi connectivity index (χ3v) is 6.40. The number of morpholine rings is 1. The Morgan fingerprint density at radius 3 is 2.65 bits per heavy atom. The lowest BCUT2D eigenvalue weighted by atomic mass is 10.1. The van der Waals surface area contributed by atoms with Gasteiger partial charge in [0.05, 0.1) is 18.9 Å². The number of benzene rings is 1. The number of pyridine rings is 1. The van der Waals surface area contributed by atoms with Crippen molar-refractivity contribution in [1.82, 2.24) is 14.5 Å². The molecular formula is C26H25N5O2S. The van der Waals surface area contributed by atoms with Gasteiger partial charge < -0.3 is 14.2 Å². The largest absolute Gasteiger partial charge is 0.378 e. The predicted molar refractivity (Wildman–Crippen MR) is 136 cm³/mol. The summed E-state index contributed by atoms with van der Waals surface area (Å²) in [6, 6.07) is 16.1. The van der Waals surface area contributed by atoms with E-state index in [1.54, 1.807) is 12.4 Å². The minimum Gasteiger partial charge on any atom is -0.378 e. The SMILES string of the molecule is O=C(Nc1nc(/C=C/c2ccc(N3CCOCC3)cc2)cs1)c1cccn1Cc1ccncc1. The summed E-state index contributed by atoms with van der Waals surface area (Å²) in [5, 5.41) is 5.43. The highest BCUT2D eigenvalue weighted by atomic mass is 32.1. The first kappa shape index (κ1) is 22.1. The Bertz CT molecular complexity index is 1260. The highest BCUT2D eigenvalue weighted by Gasteiger charge is 2.13. The van der Waals surface area contributed by atoms with E-state index in [2.05, 4.69) is 44.5 Å². The van der Waals surface area contributed by atoms with Gasteiger partial charge in [-0.05, 0) is 53.6 Å². The molecular weight excluding hydrogens is 446 g/mol. The highest BCUT2D eigenvalue weighted by Crippen LogP contribution is 2.21. The molecule has 1 N–H and O–H groups in total. The fourth-order valence-electron chi connectivity index (χ4n) is 3.82. The van der Waals surface area contributed by atoms with Gasteiger partial charge in [-0.2, -0.15) is 0 Å². The van der Waals surface area contributed by atoms with Crippen LogP contribution in [0.3, 0.4) is 0 Å². The van der Waals surface area contributed by atoms with Crippen LogP contribution < -0.4 is 10.2 Å². The number of nitrogens with one attached hydrogen (secondary N) is 1. The van der Waals surface area contributed by atoms with Gasteiger partial charge in [0, 0.05) is 49.3 Å². The maximum absolute atomic E-state index is 12.8. The summed E-state index contributed by atoms with van der Waals surface area (Å²) in [7, 11) is 0. The molecule has 1 amide bonds. The van der Waals surface area contributed by atoms with Crippen LogP contribution >= 0.6 is 11.3 Å². The number of nitrogens with zero attached hydrogens (tertiary/aromatic N) is 4. The second-order valence-corrected chi connectivity index (χ2v) is 8.79. The molecule has 7 nitrogen and oxygen atoms in total. The summed E-state index contributed by atoms with van der Waals surface area (Å²) < 4.78 is 7.34. The second kappa shape index (κ2) is 10.5. The first-order chi connectivity index (χ1) is 16.7. The van der Waals surface area contributed by atoms with Crippen molar-refractivity contribution in [2.24, 2.45) is 0 Å². The molecule has 4 aromatic rings. The van der Waals surface area contributed by atoms with E-state index in [4.69, 9.17) is 4.74 Å². The number of amides is 1. The van der Waals surface area contributed by atoms with E-state index in [9.17, 15) is 4.79 Å². The number of anilines is 2. The number of rotatable bonds is 7. The Morgan fingerprint density at radius 2 is 1.85 bits per heavy atom. The van der Waals surface area contributed by atoms with Crippen molar-refractivity contribution in [2.75, 3.05) is 36.5 Å². The number of aromatic nitrogens is 3. The van der Waals surface area contributed by atoms with E-state index in [1.165, 1.54) is 17.0 Å². The molecule has 0 atom stereocenters. The number of ether oxygens (including phenoxy) is 1. The molecule has 34 heavy (non-hydrogen) atoms. The molecule has 8 heteroatoms. The molecule has 0 saturated carbocycles. The van der Waals surface area contributed by atoms with Crippen LogP contribution in [-0.2, 0) is 11.3 Å². The molecule has 1 saturated heterocycles. The number of thiazole rings is 1. The fraction of sp³-hybridized carbons (Fsp3) is 0.192. The number of hydrogen-bond donors (Lipinski definition) is 1. The summed E-state index contributed by atoms with van der Waals surface area (Å²) >= 11 is 1.41. The van der Waals surface area contributed by atoms with Gasteiger partial charge in [-0.1, -0.05) is 18.2 Å². The van der Waals surface area contributed by atoms with Gasteiger partial charge in [0.25, 0.3) is 5.91 Å². The Balaban J connectivity index is 1.20. The molecule has 1 aliphatic rings. The maximum atomic E-state index is 12.8. The molecule has 5 rings (SSSR count). The van der Waals surface area contributed by atoms with E-state index in [1.807, 2.05) is 52.6 Å². The summed E-state index contributed by atoms with van der Waals surface area (Å²) in [5.74, 6) is -0.178. The number of hydrogen-bond acceptors (Lipinski definition) is 6. The van der Waals surface area contributed by atoms with E-state index < -0.39 is 0 Å². The summed E-state index contributed by atoms with van der Waals surface area (Å²) in [6.07, 6.45) is 9.39. The van der Waals surface area contributed by atoms with E-state index >= 15 is 0 Å². The van der Waals surface area contributed by atoms with Gasteiger partial charge in [0.2, 0.25) is 0 Å². The van der Waals surface area contributed by atoms with Crippen LogP contribution in [0.1, 0.15) is 27.3 Å². The zero-order valence-corrected chi connectivity index (χ0v) is 19.4. The van der Waals surface area contributed by atoms with Crippen LogP contribution in [0.5, 0.6) is 0 Å². The Hall–Kier alpha value is -3.75. The van der Waals surface area contributed by atoms with Crippen molar-refractivity contribution in [2.45, 2.75) is 6.54 Å². The topological polar surface area (TPSA) is 72.3 Å². The quantitative estimate of drug-likeness (QED) is 0.425. The standard InChI is InChI=1S/C26H25N5O2S/c32-25(24-2-1-13-31(24)18-21-9-11-27-12-10-21)29-26-28-22(19-34-26)6-3-20-4-7-23(8-5-20)30-14-16-33-17-15-30/h1-13,19H,14-18H2,(H,28,29,32)/b6-3+. The molecule has 1 fully saturated rings. The Morgan fingerprint density at radius 1 is 1.06 bits per heavy atom. The molecule has 1 aliphatic heterocycles. The molecule has 4 heterocycles. The predicted octanol–water partition coefficient (Wildman–Crippen LogP) is 4.65. The van der Waals surface area contributed by atoms with Crippen molar-refractivity contribution in [3.8, 4) is 0 Å². The van der Waals surface area contributed by atoms with Crippen LogP contribution in [0.25, 0.3) is 12.2 Å². The number of carbonyl (C=O) groups excluding carboxylic acids is 1. The molecule has 0 bridgehead atoms. The van der Waals surface area contributed by atoms with Gasteiger partial charge in [0.1, 0.15) is 5.69 Å². The average molecular weight is 472 g/mol. The molecule has 172 valence electrons. The van der Waals surface area contributed by atoms with Crippen molar-refractivity contribution in [3.63, 3.8) is 0 Å².